The first-order valence-electron chi connectivity index (χ1n) is 3.75. The number of rotatable bonds is 2. The van der Waals surface area contributed by atoms with Crippen molar-refractivity contribution < 1.29 is 0 Å². The summed E-state index contributed by atoms with van der Waals surface area (Å²) in [4.78, 5) is 0. The topological polar surface area (TPSA) is 23.9 Å². The smallest absolute Gasteiger partial charge is 0.168 e. The van der Waals surface area contributed by atoms with Gasteiger partial charge in [0.05, 0.1) is 24.1 Å². The summed E-state index contributed by atoms with van der Waals surface area (Å²) in [6.45, 7) is 1.99. The second-order valence-electron chi connectivity index (χ2n) is 2.43. The maximum atomic E-state index is 7.52. The molecule has 56 valence electrons. The fourth-order valence-corrected chi connectivity index (χ4v) is 0.943. The number of hydrogen-bond donors (Lipinski definition) is 1. The molecule has 0 aliphatic heterocycles. The Balaban J connectivity index is 2.61. The molecular formula is C10H12N+. The molecule has 0 bridgehead atoms. The maximum Gasteiger partial charge on any atom is 0.168 e. The average Bonchev–Trinajstić information content (AvgIpc) is 2.03. The summed E-state index contributed by atoms with van der Waals surface area (Å²) in [5, 5.41) is 7.52. The second-order valence-corrected chi connectivity index (χ2v) is 2.43. The Labute approximate surface area is 67.6 Å². The predicted molar refractivity (Wildman–Crippen MR) is 48.7 cm³/mol. The molecule has 1 N–H and O–H groups in total. The van der Waals surface area contributed by atoms with Gasteiger partial charge in [0.2, 0.25) is 0 Å². The molecule has 1 aliphatic rings. The highest BCUT2D eigenvalue weighted by atomic mass is 14.4. The molecule has 0 heterocycles. The van der Waals surface area contributed by atoms with E-state index in [-0.39, 0.29) is 0 Å². The highest BCUT2D eigenvalue weighted by Crippen LogP contribution is 2.11. The van der Waals surface area contributed by atoms with E-state index in [4.69, 9.17) is 5.41 Å². The molecule has 1 rings (SSSR count). The summed E-state index contributed by atoms with van der Waals surface area (Å²) < 4.78 is 0. The molecule has 0 atom stereocenters. The Kier molecular flexibility index (Phi) is 2.73. The van der Waals surface area contributed by atoms with Crippen LogP contribution in [-0.2, 0) is 0 Å². The SMILES string of the molecule is C/C=C/CC1=CC=C[CH+]C1=N. The Morgan fingerprint density at radius 1 is 1.64 bits per heavy atom. The standard InChI is InChI=1S/C10H12N/c1-2-3-6-9-7-4-5-8-10(9)11/h2-5,7-8,11H,6H2,1H3/q+1/b3-2+,11-10?. The molecule has 0 aromatic rings. The lowest BCUT2D eigenvalue weighted by molar-refractivity contribution is 1.27. The van der Waals surface area contributed by atoms with Gasteiger partial charge in [0, 0.05) is 12.5 Å². The van der Waals surface area contributed by atoms with Gasteiger partial charge in [0.15, 0.2) is 5.71 Å². The number of hydrogen-bond acceptors (Lipinski definition) is 1. The second kappa shape index (κ2) is 3.81. The Bertz CT molecular complexity index is 231. The first kappa shape index (κ1) is 7.86. The van der Waals surface area contributed by atoms with Crippen LogP contribution in [0.1, 0.15) is 13.3 Å². The van der Waals surface area contributed by atoms with Crippen LogP contribution in [0.15, 0.2) is 36.0 Å². The molecule has 0 saturated carbocycles. The van der Waals surface area contributed by atoms with E-state index in [0.29, 0.717) is 5.71 Å². The molecule has 11 heavy (non-hydrogen) atoms. The molecule has 0 saturated heterocycles. The summed E-state index contributed by atoms with van der Waals surface area (Å²) >= 11 is 0. The van der Waals surface area contributed by atoms with Crippen molar-refractivity contribution in [2.75, 3.05) is 0 Å². The predicted octanol–water partition coefficient (Wildman–Crippen LogP) is 2.67. The van der Waals surface area contributed by atoms with Gasteiger partial charge in [-0.2, -0.15) is 0 Å². The van der Waals surface area contributed by atoms with Gasteiger partial charge < -0.3 is 0 Å². The van der Waals surface area contributed by atoms with E-state index in [1.54, 1.807) is 0 Å². The van der Waals surface area contributed by atoms with E-state index >= 15 is 0 Å². The molecule has 0 aromatic heterocycles. The van der Waals surface area contributed by atoms with Gasteiger partial charge in [-0.3, -0.25) is 5.41 Å². The van der Waals surface area contributed by atoms with E-state index in [9.17, 15) is 0 Å². The average molecular weight is 146 g/mol. The lowest BCUT2D eigenvalue weighted by Gasteiger charge is -1.97. The van der Waals surface area contributed by atoms with Crippen LogP contribution in [0, 0.1) is 11.8 Å². The van der Waals surface area contributed by atoms with Crippen molar-refractivity contribution in [3.05, 3.63) is 42.4 Å². The zero-order valence-corrected chi connectivity index (χ0v) is 6.67. The highest BCUT2D eigenvalue weighted by Gasteiger charge is 2.12. The lowest BCUT2D eigenvalue weighted by Crippen LogP contribution is -2.02. The van der Waals surface area contributed by atoms with Gasteiger partial charge in [-0.1, -0.05) is 12.2 Å². The van der Waals surface area contributed by atoms with Crippen LogP contribution in [0.4, 0.5) is 0 Å². The van der Waals surface area contributed by atoms with Crippen LogP contribution in [0.3, 0.4) is 0 Å². The molecule has 0 amide bonds. The van der Waals surface area contributed by atoms with Crippen LogP contribution in [0.25, 0.3) is 0 Å². The summed E-state index contributed by atoms with van der Waals surface area (Å²) in [5.74, 6) is 0. The third kappa shape index (κ3) is 2.11. The van der Waals surface area contributed by atoms with Crippen molar-refractivity contribution in [3.63, 3.8) is 0 Å². The van der Waals surface area contributed by atoms with Gasteiger partial charge in [0.1, 0.15) is 0 Å². The minimum Gasteiger partial charge on any atom is -0.275 e. The van der Waals surface area contributed by atoms with Crippen molar-refractivity contribution in [2.24, 2.45) is 0 Å². The van der Waals surface area contributed by atoms with Crippen LogP contribution in [0.5, 0.6) is 0 Å². The van der Waals surface area contributed by atoms with E-state index in [1.807, 2.05) is 37.6 Å². The number of nitrogens with one attached hydrogen (secondary N) is 1. The summed E-state index contributed by atoms with van der Waals surface area (Å²) in [5.41, 5.74) is 1.72. The molecule has 0 radical (unpaired) electrons. The van der Waals surface area contributed by atoms with Crippen LogP contribution in [-0.4, -0.2) is 5.71 Å². The van der Waals surface area contributed by atoms with Crippen LogP contribution >= 0.6 is 0 Å². The quantitative estimate of drug-likeness (QED) is 0.457. The molecule has 0 unspecified atom stereocenters. The molecule has 0 aromatic carbocycles. The molecule has 0 spiro atoms. The Morgan fingerprint density at radius 2 is 2.45 bits per heavy atom. The van der Waals surface area contributed by atoms with Crippen molar-refractivity contribution in [1.82, 2.24) is 0 Å². The third-order valence-electron chi connectivity index (χ3n) is 1.59. The van der Waals surface area contributed by atoms with Gasteiger partial charge in [-0.05, 0) is 6.92 Å². The van der Waals surface area contributed by atoms with Crippen molar-refractivity contribution >= 4 is 5.71 Å². The zero-order valence-electron chi connectivity index (χ0n) is 6.67. The lowest BCUT2D eigenvalue weighted by atomic mass is 10.00. The third-order valence-corrected chi connectivity index (χ3v) is 1.59. The monoisotopic (exact) mass is 146 g/mol. The highest BCUT2D eigenvalue weighted by molar-refractivity contribution is 6.06. The fraction of sp³-hybridized carbons (Fsp3) is 0.200. The Hall–Kier alpha value is -1.24. The van der Waals surface area contributed by atoms with Crippen molar-refractivity contribution in [1.29, 1.82) is 5.41 Å². The summed E-state index contributed by atoms with van der Waals surface area (Å²) in [6.07, 6.45) is 12.6. The zero-order chi connectivity index (χ0) is 8.10. The van der Waals surface area contributed by atoms with Gasteiger partial charge in [-0.25, -0.2) is 0 Å². The minimum absolute atomic E-state index is 0.630. The van der Waals surface area contributed by atoms with Gasteiger partial charge >= 0.3 is 0 Å². The normalized spacial score (nSPS) is 16.8. The van der Waals surface area contributed by atoms with Crippen LogP contribution in [0.2, 0.25) is 0 Å². The fourth-order valence-electron chi connectivity index (χ4n) is 0.943. The Morgan fingerprint density at radius 3 is 3.09 bits per heavy atom. The van der Waals surface area contributed by atoms with E-state index in [1.165, 1.54) is 0 Å². The van der Waals surface area contributed by atoms with Gasteiger partial charge in [0.25, 0.3) is 0 Å². The van der Waals surface area contributed by atoms with Crippen molar-refractivity contribution in [2.45, 2.75) is 13.3 Å². The van der Waals surface area contributed by atoms with E-state index in [2.05, 4.69) is 6.08 Å². The summed E-state index contributed by atoms with van der Waals surface area (Å²) in [6, 6.07) is 0. The summed E-state index contributed by atoms with van der Waals surface area (Å²) in [7, 11) is 0. The molecule has 0 fully saturated rings. The minimum atomic E-state index is 0.630. The molecule has 1 heteroatoms. The van der Waals surface area contributed by atoms with E-state index < -0.39 is 0 Å². The molecule has 1 nitrogen and oxygen atoms in total. The molecular weight excluding hydrogens is 134 g/mol. The van der Waals surface area contributed by atoms with Gasteiger partial charge in [-0.15, -0.1) is 0 Å². The van der Waals surface area contributed by atoms with Crippen molar-refractivity contribution in [3.8, 4) is 0 Å². The van der Waals surface area contributed by atoms with E-state index in [0.717, 1.165) is 12.0 Å². The molecule has 1 aliphatic carbocycles. The maximum absolute atomic E-state index is 7.52. The first-order chi connectivity index (χ1) is 5.34. The first-order valence-corrected chi connectivity index (χ1v) is 3.75. The number of allylic oxidation sites excluding steroid dienone is 6. The van der Waals surface area contributed by atoms with Crippen LogP contribution < -0.4 is 0 Å². The largest absolute Gasteiger partial charge is 0.275 e.